The van der Waals surface area contributed by atoms with E-state index in [1.807, 2.05) is 43.3 Å². The summed E-state index contributed by atoms with van der Waals surface area (Å²) in [6.07, 6.45) is 0. The van der Waals surface area contributed by atoms with Crippen molar-refractivity contribution in [2.75, 3.05) is 11.9 Å². The Morgan fingerprint density at radius 1 is 0.939 bits per heavy atom. The second-order valence-corrected chi connectivity index (χ2v) is 8.44. The second-order valence-electron chi connectivity index (χ2n) is 7.53. The molecule has 1 heterocycles. The lowest BCUT2D eigenvalue weighted by Gasteiger charge is -2.13. The number of benzene rings is 3. The van der Waals surface area contributed by atoms with Gasteiger partial charge in [-0.05, 0) is 54.4 Å². The number of rotatable bonds is 6. The summed E-state index contributed by atoms with van der Waals surface area (Å²) in [6.45, 7) is 1.50. The largest absolute Gasteiger partial charge is 0.452 e. The van der Waals surface area contributed by atoms with E-state index in [1.165, 1.54) is 18.2 Å². The minimum Gasteiger partial charge on any atom is -0.452 e. The number of carbonyl (C=O) groups excluding carboxylic acids is 4. The molecular weight excluding hydrogens is 488 g/mol. The topological polar surface area (TPSA) is 92.8 Å². The maximum Gasteiger partial charge on any atom is 0.338 e. The van der Waals surface area contributed by atoms with Crippen LogP contribution in [0.15, 0.2) is 71.2 Å². The number of amides is 3. The molecule has 1 aliphatic rings. The number of carbonyl (C=O) groups is 4. The third-order valence-corrected chi connectivity index (χ3v) is 5.68. The summed E-state index contributed by atoms with van der Waals surface area (Å²) in [5.41, 5.74) is 2.74. The van der Waals surface area contributed by atoms with Crippen LogP contribution in [-0.2, 0) is 16.1 Å². The van der Waals surface area contributed by atoms with E-state index < -0.39 is 30.3 Å². The van der Waals surface area contributed by atoms with E-state index in [0.29, 0.717) is 5.69 Å². The monoisotopic (exact) mass is 506 g/mol. The Bertz CT molecular complexity index is 1270. The summed E-state index contributed by atoms with van der Waals surface area (Å²) in [5.74, 6) is -2.14. The maximum atomic E-state index is 12.8. The van der Waals surface area contributed by atoms with Gasteiger partial charge in [0.2, 0.25) is 0 Å². The van der Waals surface area contributed by atoms with Gasteiger partial charge in [0.15, 0.2) is 6.61 Å². The standard InChI is InChI=1S/C25H19BrN2O5/c1-15-11-18(26)8-10-21(15)27-22(29)14-33-25(32)17-7-9-19-20(12-17)24(31)28(23(19)30)13-16-5-3-2-4-6-16/h2-12H,13-14H2,1H3,(H,27,29). The molecule has 1 aliphatic heterocycles. The highest BCUT2D eigenvalue weighted by Gasteiger charge is 2.36. The Kier molecular flexibility index (Phi) is 6.37. The van der Waals surface area contributed by atoms with Crippen molar-refractivity contribution < 1.29 is 23.9 Å². The summed E-state index contributed by atoms with van der Waals surface area (Å²) in [5, 5.41) is 2.69. The van der Waals surface area contributed by atoms with Crippen LogP contribution < -0.4 is 5.32 Å². The lowest BCUT2D eigenvalue weighted by molar-refractivity contribution is -0.119. The second kappa shape index (κ2) is 9.38. The van der Waals surface area contributed by atoms with Crippen LogP contribution in [-0.4, -0.2) is 35.2 Å². The van der Waals surface area contributed by atoms with Gasteiger partial charge < -0.3 is 10.1 Å². The lowest BCUT2D eigenvalue weighted by Crippen LogP contribution is -2.29. The molecule has 0 saturated heterocycles. The summed E-state index contributed by atoms with van der Waals surface area (Å²) >= 11 is 3.36. The molecule has 0 saturated carbocycles. The lowest BCUT2D eigenvalue weighted by atomic mass is 10.1. The summed E-state index contributed by atoms with van der Waals surface area (Å²) < 4.78 is 5.99. The Balaban J connectivity index is 1.41. The van der Waals surface area contributed by atoms with Gasteiger partial charge in [0, 0.05) is 10.2 Å². The number of hydrogen-bond donors (Lipinski definition) is 1. The molecule has 0 aliphatic carbocycles. The normalized spacial score (nSPS) is 12.5. The molecule has 0 atom stereocenters. The van der Waals surface area contributed by atoms with Gasteiger partial charge >= 0.3 is 5.97 Å². The molecule has 0 radical (unpaired) electrons. The molecule has 1 N–H and O–H groups in total. The van der Waals surface area contributed by atoms with Crippen LogP contribution in [0, 0.1) is 6.92 Å². The molecule has 0 aromatic heterocycles. The molecule has 3 aromatic rings. The number of esters is 1. The zero-order chi connectivity index (χ0) is 23.5. The highest BCUT2D eigenvalue weighted by molar-refractivity contribution is 9.10. The van der Waals surface area contributed by atoms with E-state index in [2.05, 4.69) is 21.2 Å². The Labute approximate surface area is 198 Å². The first-order chi connectivity index (χ1) is 15.8. The van der Waals surface area contributed by atoms with Crippen LogP contribution in [0.2, 0.25) is 0 Å². The quantitative estimate of drug-likeness (QED) is 0.396. The van der Waals surface area contributed by atoms with Crippen molar-refractivity contribution in [1.29, 1.82) is 0 Å². The predicted molar refractivity (Wildman–Crippen MR) is 125 cm³/mol. The van der Waals surface area contributed by atoms with E-state index in [4.69, 9.17) is 4.74 Å². The fraction of sp³-hybridized carbons (Fsp3) is 0.120. The fourth-order valence-corrected chi connectivity index (χ4v) is 3.97. The van der Waals surface area contributed by atoms with Gasteiger partial charge in [0.1, 0.15) is 0 Å². The fourth-order valence-electron chi connectivity index (χ4n) is 3.50. The number of aryl methyl sites for hydroxylation is 1. The number of nitrogens with zero attached hydrogens (tertiary/aromatic N) is 1. The van der Waals surface area contributed by atoms with Crippen LogP contribution in [0.25, 0.3) is 0 Å². The zero-order valence-corrected chi connectivity index (χ0v) is 19.2. The third-order valence-electron chi connectivity index (χ3n) is 5.19. The van der Waals surface area contributed by atoms with Gasteiger partial charge in [-0.2, -0.15) is 0 Å². The van der Waals surface area contributed by atoms with E-state index in [9.17, 15) is 19.2 Å². The first-order valence-corrected chi connectivity index (χ1v) is 10.9. The first kappa shape index (κ1) is 22.4. The van der Waals surface area contributed by atoms with Crippen LogP contribution in [0.3, 0.4) is 0 Å². The van der Waals surface area contributed by atoms with Crippen molar-refractivity contribution in [2.45, 2.75) is 13.5 Å². The highest BCUT2D eigenvalue weighted by atomic mass is 79.9. The van der Waals surface area contributed by atoms with Crippen molar-refractivity contribution in [1.82, 2.24) is 4.90 Å². The van der Waals surface area contributed by atoms with E-state index >= 15 is 0 Å². The molecule has 33 heavy (non-hydrogen) atoms. The number of anilines is 1. The van der Waals surface area contributed by atoms with Crippen molar-refractivity contribution >= 4 is 45.3 Å². The average Bonchev–Trinajstić information content (AvgIpc) is 3.04. The van der Waals surface area contributed by atoms with Gasteiger partial charge in [-0.3, -0.25) is 19.3 Å². The number of fused-ring (bicyclic) bond motifs is 1. The summed E-state index contributed by atoms with van der Waals surface area (Å²) in [7, 11) is 0. The third kappa shape index (κ3) is 4.85. The Morgan fingerprint density at radius 3 is 2.39 bits per heavy atom. The van der Waals surface area contributed by atoms with Gasteiger partial charge in [0.25, 0.3) is 17.7 Å². The number of imide groups is 1. The minimum atomic E-state index is -0.762. The molecule has 0 spiro atoms. The molecular formula is C25H19BrN2O5. The Morgan fingerprint density at radius 2 is 1.67 bits per heavy atom. The highest BCUT2D eigenvalue weighted by Crippen LogP contribution is 2.26. The molecule has 0 fully saturated rings. The molecule has 0 unspecified atom stereocenters. The van der Waals surface area contributed by atoms with Crippen molar-refractivity contribution in [3.05, 3.63) is 99.0 Å². The number of ether oxygens (including phenoxy) is 1. The zero-order valence-electron chi connectivity index (χ0n) is 17.6. The Hall–Kier alpha value is -3.78. The summed E-state index contributed by atoms with van der Waals surface area (Å²) in [4.78, 5) is 51.2. The number of halogens is 1. The van der Waals surface area contributed by atoms with Gasteiger partial charge in [0.05, 0.1) is 23.2 Å². The smallest absolute Gasteiger partial charge is 0.338 e. The molecule has 166 valence electrons. The predicted octanol–water partition coefficient (Wildman–Crippen LogP) is 4.35. The summed E-state index contributed by atoms with van der Waals surface area (Å²) in [6, 6.07) is 18.7. The van der Waals surface area contributed by atoms with Gasteiger partial charge in [-0.1, -0.05) is 46.3 Å². The van der Waals surface area contributed by atoms with Gasteiger partial charge in [-0.25, -0.2) is 4.79 Å². The van der Waals surface area contributed by atoms with Crippen molar-refractivity contribution in [2.24, 2.45) is 0 Å². The molecule has 0 bridgehead atoms. The molecule has 3 aromatic carbocycles. The van der Waals surface area contributed by atoms with Gasteiger partial charge in [-0.15, -0.1) is 0 Å². The first-order valence-electron chi connectivity index (χ1n) is 10.1. The SMILES string of the molecule is Cc1cc(Br)ccc1NC(=O)COC(=O)c1ccc2c(c1)C(=O)N(Cc1ccccc1)C2=O. The van der Waals surface area contributed by atoms with Crippen LogP contribution in [0.4, 0.5) is 5.69 Å². The van der Waals surface area contributed by atoms with E-state index in [0.717, 1.165) is 20.5 Å². The van der Waals surface area contributed by atoms with Crippen molar-refractivity contribution in [3.63, 3.8) is 0 Å². The van der Waals surface area contributed by atoms with Crippen molar-refractivity contribution in [3.8, 4) is 0 Å². The molecule has 3 amide bonds. The number of nitrogens with one attached hydrogen (secondary N) is 1. The molecule has 7 nitrogen and oxygen atoms in total. The number of hydrogen-bond acceptors (Lipinski definition) is 5. The maximum absolute atomic E-state index is 12.8. The van der Waals surface area contributed by atoms with Crippen LogP contribution >= 0.6 is 15.9 Å². The molecule has 8 heteroatoms. The van der Waals surface area contributed by atoms with Crippen LogP contribution in [0.5, 0.6) is 0 Å². The van der Waals surface area contributed by atoms with E-state index in [-0.39, 0.29) is 23.2 Å². The molecule has 4 rings (SSSR count). The average molecular weight is 507 g/mol. The van der Waals surface area contributed by atoms with Crippen LogP contribution in [0.1, 0.15) is 42.2 Å². The minimum absolute atomic E-state index is 0.0871. The van der Waals surface area contributed by atoms with E-state index in [1.54, 1.807) is 12.1 Å².